The van der Waals surface area contributed by atoms with E-state index in [1.54, 1.807) is 12.3 Å². The number of aromatic nitrogens is 4. The first-order valence-corrected chi connectivity index (χ1v) is 12.7. The van der Waals surface area contributed by atoms with Crippen LogP contribution >= 0.6 is 0 Å². The first-order chi connectivity index (χ1) is 17.8. The number of aryl methyl sites for hydroxylation is 1. The van der Waals surface area contributed by atoms with Crippen LogP contribution in [0.2, 0.25) is 0 Å². The predicted molar refractivity (Wildman–Crippen MR) is 139 cm³/mol. The maximum Gasteiger partial charge on any atom is 0.355 e. The van der Waals surface area contributed by atoms with Gasteiger partial charge >= 0.3 is 5.69 Å². The highest BCUT2D eigenvalue weighted by Crippen LogP contribution is 2.42. The second-order valence-electron chi connectivity index (χ2n) is 10.1. The third-order valence-corrected chi connectivity index (χ3v) is 7.30. The van der Waals surface area contributed by atoms with Crippen LogP contribution in [0.15, 0.2) is 41.3 Å². The monoisotopic (exact) mass is 501 g/mol. The Morgan fingerprint density at radius 2 is 2.03 bits per heavy atom. The van der Waals surface area contributed by atoms with Gasteiger partial charge in [0.05, 0.1) is 28.7 Å². The van der Waals surface area contributed by atoms with Gasteiger partial charge in [0, 0.05) is 18.8 Å². The summed E-state index contributed by atoms with van der Waals surface area (Å²) in [6, 6.07) is 7.67. The minimum absolute atomic E-state index is 0.0215. The number of aromatic hydroxyl groups is 1. The lowest BCUT2D eigenvalue weighted by molar-refractivity contribution is 0.267. The Morgan fingerprint density at radius 3 is 2.81 bits per heavy atom. The quantitative estimate of drug-likeness (QED) is 0.428. The number of fused-ring (bicyclic) bond motifs is 2. The fourth-order valence-electron chi connectivity index (χ4n) is 5.51. The summed E-state index contributed by atoms with van der Waals surface area (Å²) >= 11 is 0. The summed E-state index contributed by atoms with van der Waals surface area (Å²) in [4.78, 5) is 30.0. The maximum atomic E-state index is 15.0. The Kier molecular flexibility index (Phi) is 5.58. The molecule has 0 amide bonds. The number of pyridine rings is 2. The van der Waals surface area contributed by atoms with Crippen LogP contribution in [0.1, 0.15) is 50.3 Å². The molecule has 0 radical (unpaired) electrons. The van der Waals surface area contributed by atoms with E-state index in [1.807, 2.05) is 26.8 Å². The van der Waals surface area contributed by atoms with Gasteiger partial charge in [-0.2, -0.15) is 4.98 Å². The molecule has 1 aromatic carbocycles. The van der Waals surface area contributed by atoms with Crippen LogP contribution in [0.3, 0.4) is 0 Å². The van der Waals surface area contributed by atoms with Gasteiger partial charge in [-0.3, -0.25) is 4.98 Å². The highest BCUT2D eigenvalue weighted by atomic mass is 19.1. The van der Waals surface area contributed by atoms with Crippen molar-refractivity contribution in [2.75, 3.05) is 18.1 Å². The molecule has 3 aromatic heterocycles. The molecule has 1 N–H and O–H groups in total. The average Bonchev–Trinajstić information content (AvgIpc) is 3.02. The maximum absolute atomic E-state index is 15.0. The Morgan fingerprint density at radius 1 is 1.19 bits per heavy atom. The SMILES string of the molecule is Cc1ccnc(C(C)C)c1-n1c(=O)nc2c3c(cc(-c4c(O)cccc4F)nc31)OC[C@@H]1CCCCN21. The largest absolute Gasteiger partial charge is 0.507 e. The first kappa shape index (κ1) is 23.4. The Hall–Kier alpha value is -4.01. The standard InChI is InChI=1S/C28H28FN5O3/c1-15(2)24-25(16(3)10-11-30-24)34-27-23-21(13-19(31-27)22-18(29)8-6-9-20(22)35)37-14-17-7-4-5-12-33(17)26(23)32-28(34)36/h6,8-11,13,15,17,35H,4-5,7,12,14H2,1-3H3/t17-/m0/s1. The molecule has 9 heteroatoms. The number of hydrogen-bond donors (Lipinski definition) is 1. The van der Waals surface area contributed by atoms with Gasteiger partial charge in [0.2, 0.25) is 0 Å². The van der Waals surface area contributed by atoms with Crippen molar-refractivity contribution in [1.82, 2.24) is 19.5 Å². The summed E-state index contributed by atoms with van der Waals surface area (Å²) in [5.41, 5.74) is 2.12. The number of halogens is 1. The lowest BCUT2D eigenvalue weighted by atomic mass is 10.0. The molecule has 0 saturated carbocycles. The molecule has 190 valence electrons. The molecule has 0 unspecified atom stereocenters. The van der Waals surface area contributed by atoms with Crippen molar-refractivity contribution in [3.8, 4) is 28.4 Å². The molecule has 2 aliphatic rings. The lowest BCUT2D eigenvalue weighted by Crippen LogP contribution is -2.43. The summed E-state index contributed by atoms with van der Waals surface area (Å²) in [5.74, 6) is 0.162. The van der Waals surface area contributed by atoms with Crippen molar-refractivity contribution in [3.63, 3.8) is 0 Å². The second kappa shape index (κ2) is 8.83. The summed E-state index contributed by atoms with van der Waals surface area (Å²) in [5, 5.41) is 11.2. The number of phenolic OH excluding ortho intramolecular Hbond substituents is 1. The average molecular weight is 502 g/mol. The van der Waals surface area contributed by atoms with Gasteiger partial charge in [-0.05, 0) is 55.9 Å². The molecule has 1 saturated heterocycles. The molecular formula is C28H28FN5O3. The van der Waals surface area contributed by atoms with Crippen LogP contribution in [0, 0.1) is 12.7 Å². The molecule has 2 aliphatic heterocycles. The number of hydrogen-bond acceptors (Lipinski definition) is 7. The van der Waals surface area contributed by atoms with E-state index in [0.29, 0.717) is 34.9 Å². The minimum atomic E-state index is -0.617. The van der Waals surface area contributed by atoms with E-state index in [-0.39, 0.29) is 29.0 Å². The molecule has 0 bridgehead atoms. The van der Waals surface area contributed by atoms with Crippen molar-refractivity contribution < 1.29 is 14.2 Å². The van der Waals surface area contributed by atoms with E-state index in [9.17, 15) is 14.3 Å². The highest BCUT2D eigenvalue weighted by molar-refractivity contribution is 5.96. The zero-order chi connectivity index (χ0) is 25.8. The normalized spacial score (nSPS) is 17.0. The zero-order valence-electron chi connectivity index (χ0n) is 21.0. The molecule has 6 rings (SSSR count). The van der Waals surface area contributed by atoms with Gasteiger partial charge < -0.3 is 14.7 Å². The summed E-state index contributed by atoms with van der Waals surface area (Å²) in [6.45, 7) is 7.11. The number of rotatable bonds is 3. The molecule has 0 spiro atoms. The summed E-state index contributed by atoms with van der Waals surface area (Å²) < 4.78 is 22.8. The number of piperidine rings is 1. The van der Waals surface area contributed by atoms with Gasteiger partial charge in [-0.25, -0.2) is 18.7 Å². The van der Waals surface area contributed by atoms with Crippen LogP contribution in [-0.2, 0) is 0 Å². The number of anilines is 1. The van der Waals surface area contributed by atoms with E-state index in [4.69, 9.17) is 9.72 Å². The third kappa shape index (κ3) is 3.72. The van der Waals surface area contributed by atoms with Crippen molar-refractivity contribution in [3.05, 3.63) is 64.1 Å². The van der Waals surface area contributed by atoms with Crippen molar-refractivity contribution >= 4 is 16.9 Å². The number of phenols is 1. The third-order valence-electron chi connectivity index (χ3n) is 7.30. The topological polar surface area (TPSA) is 93.4 Å². The first-order valence-electron chi connectivity index (χ1n) is 12.7. The van der Waals surface area contributed by atoms with Crippen molar-refractivity contribution in [1.29, 1.82) is 0 Å². The zero-order valence-corrected chi connectivity index (χ0v) is 21.0. The van der Waals surface area contributed by atoms with E-state index in [2.05, 4.69) is 14.9 Å². The Bertz CT molecular complexity index is 1580. The molecule has 5 heterocycles. The summed E-state index contributed by atoms with van der Waals surface area (Å²) in [6.07, 6.45) is 4.71. The Labute approximate surface area is 213 Å². The fourth-order valence-corrected chi connectivity index (χ4v) is 5.51. The minimum Gasteiger partial charge on any atom is -0.507 e. The van der Waals surface area contributed by atoms with Gasteiger partial charge in [-0.15, -0.1) is 0 Å². The predicted octanol–water partition coefficient (Wildman–Crippen LogP) is 4.87. The van der Waals surface area contributed by atoms with Gasteiger partial charge in [0.1, 0.15) is 35.1 Å². The molecule has 1 atom stereocenters. The summed E-state index contributed by atoms with van der Waals surface area (Å²) in [7, 11) is 0. The smallest absolute Gasteiger partial charge is 0.355 e. The second-order valence-corrected chi connectivity index (χ2v) is 10.1. The van der Waals surface area contributed by atoms with E-state index < -0.39 is 11.5 Å². The van der Waals surface area contributed by atoms with Gasteiger partial charge in [-0.1, -0.05) is 19.9 Å². The molecular weight excluding hydrogens is 473 g/mol. The van der Waals surface area contributed by atoms with Gasteiger partial charge in [0.15, 0.2) is 5.65 Å². The lowest BCUT2D eigenvalue weighted by Gasteiger charge is -2.34. The molecule has 4 aromatic rings. The van der Waals surface area contributed by atoms with Crippen LogP contribution in [0.5, 0.6) is 11.5 Å². The molecule has 1 fully saturated rings. The van der Waals surface area contributed by atoms with Crippen molar-refractivity contribution in [2.45, 2.75) is 52.0 Å². The van der Waals surface area contributed by atoms with Crippen LogP contribution < -0.4 is 15.3 Å². The van der Waals surface area contributed by atoms with Crippen molar-refractivity contribution in [2.24, 2.45) is 0 Å². The van der Waals surface area contributed by atoms with Crippen LogP contribution in [0.25, 0.3) is 28.0 Å². The van der Waals surface area contributed by atoms with E-state index in [1.165, 1.54) is 22.8 Å². The van der Waals surface area contributed by atoms with E-state index >= 15 is 0 Å². The van der Waals surface area contributed by atoms with Gasteiger partial charge in [0.25, 0.3) is 0 Å². The van der Waals surface area contributed by atoms with E-state index in [0.717, 1.165) is 37.1 Å². The molecule has 8 nitrogen and oxygen atoms in total. The number of ether oxygens (including phenoxy) is 1. The van der Waals surface area contributed by atoms with Crippen LogP contribution in [-0.4, -0.2) is 43.8 Å². The number of benzene rings is 1. The number of nitrogens with zero attached hydrogens (tertiary/aromatic N) is 5. The Balaban J connectivity index is 1.76. The fraction of sp³-hybridized carbons (Fsp3) is 0.357. The highest BCUT2D eigenvalue weighted by Gasteiger charge is 2.33. The molecule has 0 aliphatic carbocycles. The molecule has 37 heavy (non-hydrogen) atoms. The van der Waals surface area contributed by atoms with Crippen LogP contribution in [0.4, 0.5) is 10.2 Å².